The SMILES string of the molecule is CCCCCCCCCCCCCC[N+](C)(C)CC(=O)Oc1ccc([N+](=O)[O-])cc1.[Br-]. The van der Waals surface area contributed by atoms with Crippen LogP contribution in [0, 0.1) is 10.1 Å². The van der Waals surface area contributed by atoms with Crippen LogP contribution >= 0.6 is 0 Å². The number of rotatable bonds is 17. The van der Waals surface area contributed by atoms with E-state index in [9.17, 15) is 14.9 Å². The molecule has 0 amide bonds. The van der Waals surface area contributed by atoms with Crippen molar-refractivity contribution in [1.82, 2.24) is 0 Å². The van der Waals surface area contributed by atoms with Crippen LogP contribution in [0.3, 0.4) is 0 Å². The molecule has 0 aromatic heterocycles. The summed E-state index contributed by atoms with van der Waals surface area (Å²) in [6.45, 7) is 3.48. The fraction of sp³-hybridized carbons (Fsp3) is 0.708. The van der Waals surface area contributed by atoms with Crippen molar-refractivity contribution >= 4 is 11.7 Å². The summed E-state index contributed by atoms with van der Waals surface area (Å²) in [5.74, 6) is 0.0313. The molecule has 0 bridgehead atoms. The van der Waals surface area contributed by atoms with Crippen LogP contribution in [-0.2, 0) is 4.79 Å². The topological polar surface area (TPSA) is 69.4 Å². The zero-order valence-electron chi connectivity index (χ0n) is 19.6. The number of carbonyl (C=O) groups is 1. The first kappa shape index (κ1) is 29.5. The van der Waals surface area contributed by atoms with Gasteiger partial charge in [0.25, 0.3) is 5.69 Å². The first-order chi connectivity index (χ1) is 14.3. The fourth-order valence-corrected chi connectivity index (χ4v) is 3.61. The summed E-state index contributed by atoms with van der Waals surface area (Å²) >= 11 is 0. The number of unbranched alkanes of at least 4 members (excludes halogenated alkanes) is 11. The smallest absolute Gasteiger partial charge is 0.367 e. The van der Waals surface area contributed by atoms with Gasteiger partial charge in [-0.3, -0.25) is 10.1 Å². The van der Waals surface area contributed by atoms with Crippen LogP contribution < -0.4 is 21.7 Å². The lowest BCUT2D eigenvalue weighted by Gasteiger charge is -2.28. The normalized spacial score (nSPS) is 11.1. The van der Waals surface area contributed by atoms with Crippen molar-refractivity contribution in [2.45, 2.75) is 84.0 Å². The van der Waals surface area contributed by atoms with E-state index in [0.717, 1.165) is 13.0 Å². The maximum absolute atomic E-state index is 12.2. The summed E-state index contributed by atoms with van der Waals surface area (Å²) in [5.41, 5.74) is -0.0158. The van der Waals surface area contributed by atoms with E-state index in [1.54, 1.807) is 0 Å². The minimum Gasteiger partial charge on any atom is -1.00 e. The van der Waals surface area contributed by atoms with Crippen LogP contribution in [0.5, 0.6) is 5.75 Å². The highest BCUT2D eigenvalue weighted by atomic mass is 79.9. The van der Waals surface area contributed by atoms with Crippen molar-refractivity contribution in [1.29, 1.82) is 0 Å². The van der Waals surface area contributed by atoms with Crippen molar-refractivity contribution < 1.29 is 35.9 Å². The Balaban J connectivity index is 0.00000900. The molecule has 1 aromatic carbocycles. The number of carbonyl (C=O) groups excluding carboxylic acids is 1. The molecule has 0 aliphatic rings. The molecule has 0 fully saturated rings. The van der Waals surface area contributed by atoms with Crippen LogP contribution in [0.15, 0.2) is 24.3 Å². The molecular weight excluding hydrogens is 460 g/mol. The summed E-state index contributed by atoms with van der Waals surface area (Å²) < 4.78 is 5.91. The molecule has 0 spiro atoms. The van der Waals surface area contributed by atoms with Gasteiger partial charge in [0, 0.05) is 12.1 Å². The van der Waals surface area contributed by atoms with Crippen LogP contribution in [0.2, 0.25) is 0 Å². The van der Waals surface area contributed by atoms with Gasteiger partial charge in [-0.2, -0.15) is 0 Å². The third-order valence-corrected chi connectivity index (χ3v) is 5.45. The van der Waals surface area contributed by atoms with Gasteiger partial charge < -0.3 is 26.2 Å². The predicted molar refractivity (Wildman–Crippen MR) is 122 cm³/mol. The number of non-ortho nitro benzene ring substituents is 1. The Hall–Kier alpha value is -1.47. The van der Waals surface area contributed by atoms with E-state index < -0.39 is 4.92 Å². The van der Waals surface area contributed by atoms with Gasteiger partial charge in [0.05, 0.1) is 25.6 Å². The highest BCUT2D eigenvalue weighted by molar-refractivity contribution is 5.73. The average Bonchev–Trinajstić information content (AvgIpc) is 2.68. The molecule has 0 aliphatic carbocycles. The lowest BCUT2D eigenvalue weighted by molar-refractivity contribution is -0.883. The Bertz CT molecular complexity index is 621. The van der Waals surface area contributed by atoms with E-state index in [1.807, 2.05) is 14.1 Å². The van der Waals surface area contributed by atoms with E-state index in [1.165, 1.54) is 94.9 Å². The lowest BCUT2D eigenvalue weighted by Crippen LogP contribution is -3.00. The summed E-state index contributed by atoms with van der Waals surface area (Å²) in [6, 6.07) is 5.60. The maximum Gasteiger partial charge on any atom is 0.367 e. The van der Waals surface area contributed by atoms with Gasteiger partial charge in [-0.1, -0.05) is 71.1 Å². The summed E-state index contributed by atoms with van der Waals surface area (Å²) in [7, 11) is 4.07. The Morgan fingerprint density at radius 1 is 0.871 bits per heavy atom. The first-order valence-corrected chi connectivity index (χ1v) is 11.6. The predicted octanol–water partition coefficient (Wildman–Crippen LogP) is 3.28. The molecule has 6 nitrogen and oxygen atoms in total. The van der Waals surface area contributed by atoms with E-state index in [0.29, 0.717) is 10.2 Å². The zero-order chi connectivity index (χ0) is 22.2. The molecule has 1 aromatic rings. The number of quaternary nitrogens is 1. The Morgan fingerprint density at radius 3 is 1.77 bits per heavy atom. The standard InChI is InChI=1S/C24H41N2O4.BrH/c1-4-5-6-7-8-9-10-11-12-13-14-15-20-26(2,3)21-24(27)30-23-18-16-22(17-19-23)25(28)29;/h16-19H,4-15,20-21H2,1-3H3;1H/q+1;/p-1. The van der Waals surface area contributed by atoms with Gasteiger partial charge in [0.2, 0.25) is 0 Å². The second-order valence-electron chi connectivity index (χ2n) is 8.93. The first-order valence-electron chi connectivity index (χ1n) is 11.6. The molecular formula is C24H41BrN2O4. The second-order valence-corrected chi connectivity index (χ2v) is 8.93. The highest BCUT2D eigenvalue weighted by Crippen LogP contribution is 2.18. The van der Waals surface area contributed by atoms with Gasteiger partial charge in [0.15, 0.2) is 6.54 Å². The molecule has 0 unspecified atom stereocenters. The molecule has 1 rings (SSSR count). The Morgan fingerprint density at radius 2 is 1.32 bits per heavy atom. The van der Waals surface area contributed by atoms with Crippen molar-refractivity contribution in [3.8, 4) is 5.75 Å². The zero-order valence-corrected chi connectivity index (χ0v) is 21.2. The number of esters is 1. The third-order valence-electron chi connectivity index (χ3n) is 5.45. The monoisotopic (exact) mass is 500 g/mol. The number of hydrogen-bond acceptors (Lipinski definition) is 4. The van der Waals surface area contributed by atoms with Crippen LogP contribution in [0.1, 0.15) is 84.0 Å². The molecule has 0 aliphatic heterocycles. The van der Waals surface area contributed by atoms with Crippen molar-refractivity contribution in [2.24, 2.45) is 0 Å². The van der Waals surface area contributed by atoms with Crippen LogP contribution in [0.25, 0.3) is 0 Å². The molecule has 178 valence electrons. The summed E-state index contributed by atoms with van der Waals surface area (Å²) in [6.07, 6.45) is 15.8. The van der Waals surface area contributed by atoms with Crippen LogP contribution in [-0.4, -0.2) is 42.6 Å². The third kappa shape index (κ3) is 15.0. The van der Waals surface area contributed by atoms with Gasteiger partial charge >= 0.3 is 5.97 Å². The quantitative estimate of drug-likeness (QED) is 0.0821. The van der Waals surface area contributed by atoms with E-state index >= 15 is 0 Å². The molecule has 0 radical (unpaired) electrons. The Labute approximate surface area is 198 Å². The van der Waals surface area contributed by atoms with Crippen molar-refractivity contribution in [3.05, 3.63) is 34.4 Å². The summed E-state index contributed by atoms with van der Waals surface area (Å²) in [4.78, 5) is 22.4. The molecule has 0 saturated carbocycles. The minimum atomic E-state index is -0.472. The maximum atomic E-state index is 12.2. The van der Waals surface area contributed by atoms with Crippen LogP contribution in [0.4, 0.5) is 5.69 Å². The number of nitrogens with zero attached hydrogens (tertiary/aromatic N) is 2. The largest absolute Gasteiger partial charge is 1.00 e. The van der Waals surface area contributed by atoms with Gasteiger partial charge in [0.1, 0.15) is 5.75 Å². The van der Waals surface area contributed by atoms with Gasteiger partial charge in [-0.25, -0.2) is 4.79 Å². The number of nitro groups is 1. The average molecular weight is 502 g/mol. The Kier molecular flexibility index (Phi) is 16.3. The van der Waals surface area contributed by atoms with E-state index in [2.05, 4.69) is 6.92 Å². The van der Waals surface area contributed by atoms with Gasteiger partial charge in [-0.15, -0.1) is 0 Å². The number of likely N-dealkylation sites (N-methyl/N-ethyl adjacent to an activating group) is 1. The van der Waals surface area contributed by atoms with Gasteiger partial charge in [-0.05, 0) is 25.0 Å². The number of benzene rings is 1. The van der Waals surface area contributed by atoms with Crippen molar-refractivity contribution in [3.63, 3.8) is 0 Å². The minimum absolute atomic E-state index is 0. The number of ether oxygens (including phenoxy) is 1. The molecule has 31 heavy (non-hydrogen) atoms. The van der Waals surface area contributed by atoms with E-state index in [4.69, 9.17) is 4.74 Å². The van der Waals surface area contributed by atoms with E-state index in [-0.39, 0.29) is 35.2 Å². The molecule has 0 heterocycles. The fourth-order valence-electron chi connectivity index (χ4n) is 3.61. The van der Waals surface area contributed by atoms with Crippen molar-refractivity contribution in [2.75, 3.05) is 27.2 Å². The summed E-state index contributed by atoms with van der Waals surface area (Å²) in [5, 5.41) is 10.7. The lowest BCUT2D eigenvalue weighted by atomic mass is 10.1. The molecule has 0 atom stereocenters. The molecule has 0 saturated heterocycles. The number of halogens is 1. The molecule has 7 heteroatoms. The number of nitro benzene ring substituents is 1. The molecule has 0 N–H and O–H groups in total. The second kappa shape index (κ2) is 17.1. The highest BCUT2D eigenvalue weighted by Gasteiger charge is 2.21. The number of hydrogen-bond donors (Lipinski definition) is 0.